The van der Waals surface area contributed by atoms with Gasteiger partial charge in [0, 0.05) is 37.4 Å². The molecule has 1 amide bonds. The van der Waals surface area contributed by atoms with Crippen LogP contribution in [0.4, 0.5) is 5.95 Å². The summed E-state index contributed by atoms with van der Waals surface area (Å²) in [5.74, 6) is 2.70. The lowest BCUT2D eigenvalue weighted by Crippen LogP contribution is -2.42. The number of aryl methyl sites for hydroxylation is 2. The molecule has 0 radical (unpaired) electrons. The molecule has 2 aliphatic heterocycles. The number of rotatable bonds is 2. The van der Waals surface area contributed by atoms with E-state index < -0.39 is 0 Å². The lowest BCUT2D eigenvalue weighted by molar-refractivity contribution is 0.0581. The summed E-state index contributed by atoms with van der Waals surface area (Å²) in [4.78, 5) is 30.5. The van der Waals surface area contributed by atoms with Gasteiger partial charge in [-0.2, -0.15) is 0 Å². The first kappa shape index (κ1) is 17.9. The fourth-order valence-corrected chi connectivity index (χ4v) is 4.27. The maximum atomic E-state index is 12.9. The first-order valence-electron chi connectivity index (χ1n) is 9.74. The van der Waals surface area contributed by atoms with Crippen molar-refractivity contribution in [1.29, 1.82) is 0 Å². The molecule has 1 fully saturated rings. The molecular formula is C20H27N5O2. The molecule has 144 valence electrons. The highest BCUT2D eigenvalue weighted by Crippen LogP contribution is 2.26. The van der Waals surface area contributed by atoms with Crippen LogP contribution in [0.15, 0.2) is 10.5 Å². The molecule has 7 heteroatoms. The molecule has 2 aliphatic rings. The van der Waals surface area contributed by atoms with Crippen molar-refractivity contribution in [2.24, 2.45) is 11.8 Å². The number of carbonyl (C=O) groups is 1. The number of nitrogens with zero attached hydrogens (tertiary/aromatic N) is 5. The molecule has 7 nitrogen and oxygen atoms in total. The number of fused-ring (bicyclic) bond motifs is 1. The number of anilines is 1. The first-order chi connectivity index (χ1) is 12.9. The van der Waals surface area contributed by atoms with Crippen LogP contribution in [-0.2, 0) is 13.0 Å². The molecule has 0 saturated carbocycles. The fourth-order valence-electron chi connectivity index (χ4n) is 4.27. The number of piperidine rings is 1. The first-order valence-corrected chi connectivity index (χ1v) is 9.74. The lowest BCUT2D eigenvalue weighted by atomic mass is 9.92. The van der Waals surface area contributed by atoms with E-state index in [1.54, 1.807) is 0 Å². The van der Waals surface area contributed by atoms with E-state index in [1.807, 2.05) is 24.8 Å². The Morgan fingerprint density at radius 1 is 1.11 bits per heavy atom. The minimum absolute atomic E-state index is 0.0861. The van der Waals surface area contributed by atoms with E-state index in [1.165, 1.54) is 0 Å². The molecule has 27 heavy (non-hydrogen) atoms. The average molecular weight is 369 g/mol. The average Bonchev–Trinajstić information content (AvgIpc) is 3.02. The Morgan fingerprint density at radius 2 is 1.78 bits per heavy atom. The molecule has 2 aromatic rings. The highest BCUT2D eigenvalue weighted by molar-refractivity contribution is 5.89. The van der Waals surface area contributed by atoms with Gasteiger partial charge >= 0.3 is 5.91 Å². The van der Waals surface area contributed by atoms with Crippen molar-refractivity contribution in [2.75, 3.05) is 24.5 Å². The number of hydrogen-bond donors (Lipinski definition) is 0. The van der Waals surface area contributed by atoms with Crippen molar-refractivity contribution < 1.29 is 9.21 Å². The summed E-state index contributed by atoms with van der Waals surface area (Å²) in [5, 5.41) is 0. The quantitative estimate of drug-likeness (QED) is 0.810. The summed E-state index contributed by atoms with van der Waals surface area (Å²) in [6, 6.07) is 1.96. The molecule has 4 heterocycles. The van der Waals surface area contributed by atoms with Gasteiger partial charge in [-0.25, -0.2) is 15.0 Å². The predicted octanol–water partition coefficient (Wildman–Crippen LogP) is 2.76. The SMILES string of the molecule is Cc1cc(C)nc(N2CCc3oc(C(=O)N4C[C@@H](C)C[C@H](C)C4)nc3C2)n1. The van der Waals surface area contributed by atoms with Crippen molar-refractivity contribution in [1.82, 2.24) is 19.9 Å². The van der Waals surface area contributed by atoms with E-state index in [9.17, 15) is 4.79 Å². The molecule has 0 aliphatic carbocycles. The predicted molar refractivity (Wildman–Crippen MR) is 102 cm³/mol. The number of amides is 1. The molecule has 0 unspecified atom stereocenters. The van der Waals surface area contributed by atoms with Crippen LogP contribution in [0, 0.1) is 25.7 Å². The third kappa shape index (κ3) is 3.68. The van der Waals surface area contributed by atoms with Crippen LogP contribution in [0.25, 0.3) is 0 Å². The van der Waals surface area contributed by atoms with Crippen LogP contribution in [0.5, 0.6) is 0 Å². The van der Waals surface area contributed by atoms with E-state index >= 15 is 0 Å². The summed E-state index contributed by atoms with van der Waals surface area (Å²) in [7, 11) is 0. The number of oxazole rings is 1. The lowest BCUT2D eigenvalue weighted by Gasteiger charge is -2.34. The molecule has 4 rings (SSSR count). The van der Waals surface area contributed by atoms with Crippen molar-refractivity contribution in [3.8, 4) is 0 Å². The minimum Gasteiger partial charge on any atom is -0.437 e. The Balaban J connectivity index is 1.52. The van der Waals surface area contributed by atoms with E-state index in [4.69, 9.17) is 4.42 Å². The van der Waals surface area contributed by atoms with Crippen molar-refractivity contribution in [3.05, 3.63) is 34.8 Å². The van der Waals surface area contributed by atoms with Gasteiger partial charge in [-0.15, -0.1) is 0 Å². The Morgan fingerprint density at radius 3 is 2.44 bits per heavy atom. The smallest absolute Gasteiger partial charge is 0.309 e. The van der Waals surface area contributed by atoms with Gasteiger partial charge in [0.2, 0.25) is 5.95 Å². The monoisotopic (exact) mass is 369 g/mol. The molecule has 0 aromatic carbocycles. The van der Waals surface area contributed by atoms with Crippen molar-refractivity contribution in [2.45, 2.75) is 47.1 Å². The van der Waals surface area contributed by atoms with E-state index in [0.29, 0.717) is 30.7 Å². The number of aromatic nitrogens is 3. The third-order valence-corrected chi connectivity index (χ3v) is 5.32. The van der Waals surface area contributed by atoms with E-state index in [2.05, 4.69) is 33.7 Å². The fraction of sp³-hybridized carbons (Fsp3) is 0.600. The second-order valence-electron chi connectivity index (χ2n) is 8.17. The van der Waals surface area contributed by atoms with Gasteiger partial charge in [0.05, 0.1) is 6.54 Å². The zero-order chi connectivity index (χ0) is 19.1. The summed E-state index contributed by atoms with van der Waals surface area (Å²) in [6.07, 6.45) is 1.87. The van der Waals surface area contributed by atoms with Crippen LogP contribution in [-0.4, -0.2) is 45.4 Å². The van der Waals surface area contributed by atoms with Crippen LogP contribution >= 0.6 is 0 Å². The van der Waals surface area contributed by atoms with Gasteiger partial charge in [-0.1, -0.05) is 13.8 Å². The molecule has 2 aromatic heterocycles. The normalized spacial score (nSPS) is 22.7. The molecule has 0 bridgehead atoms. The van der Waals surface area contributed by atoms with Crippen molar-refractivity contribution >= 4 is 11.9 Å². The third-order valence-electron chi connectivity index (χ3n) is 5.32. The van der Waals surface area contributed by atoms with Gasteiger partial charge in [0.25, 0.3) is 5.89 Å². The van der Waals surface area contributed by atoms with Crippen LogP contribution in [0.2, 0.25) is 0 Å². The second-order valence-corrected chi connectivity index (χ2v) is 8.17. The summed E-state index contributed by atoms with van der Waals surface area (Å²) >= 11 is 0. The largest absolute Gasteiger partial charge is 0.437 e. The molecule has 0 N–H and O–H groups in total. The zero-order valence-corrected chi connectivity index (χ0v) is 16.5. The highest BCUT2D eigenvalue weighted by Gasteiger charge is 2.31. The Bertz CT molecular complexity index is 832. The maximum absolute atomic E-state index is 12.9. The summed E-state index contributed by atoms with van der Waals surface area (Å²) in [5.41, 5.74) is 2.73. The van der Waals surface area contributed by atoms with Gasteiger partial charge in [-0.3, -0.25) is 4.79 Å². The van der Waals surface area contributed by atoms with Gasteiger partial charge in [0.15, 0.2) is 0 Å². The standard InChI is InChI=1S/C20H27N5O2/c1-12-7-13(2)10-25(9-12)19(26)18-23-16-11-24(6-5-17(16)27-18)20-21-14(3)8-15(4)22-20/h8,12-13H,5-7,9-11H2,1-4H3/t12-,13-/m0/s1. The molecular weight excluding hydrogens is 342 g/mol. The number of likely N-dealkylation sites (tertiary alicyclic amines) is 1. The number of carbonyl (C=O) groups excluding carboxylic acids is 1. The number of hydrogen-bond acceptors (Lipinski definition) is 6. The van der Waals surface area contributed by atoms with Crippen molar-refractivity contribution in [3.63, 3.8) is 0 Å². The zero-order valence-electron chi connectivity index (χ0n) is 16.5. The Kier molecular flexibility index (Phi) is 4.61. The maximum Gasteiger partial charge on any atom is 0.309 e. The second kappa shape index (κ2) is 6.94. The topological polar surface area (TPSA) is 75.4 Å². The van der Waals surface area contributed by atoms with Gasteiger partial charge < -0.3 is 14.2 Å². The summed E-state index contributed by atoms with van der Waals surface area (Å²) in [6.45, 7) is 11.2. The Hall–Kier alpha value is -2.44. The molecule has 2 atom stereocenters. The van der Waals surface area contributed by atoms with E-state index in [-0.39, 0.29) is 11.8 Å². The van der Waals surface area contributed by atoms with Crippen LogP contribution < -0.4 is 4.90 Å². The van der Waals surface area contributed by atoms with Gasteiger partial charge in [0.1, 0.15) is 11.5 Å². The minimum atomic E-state index is -0.0861. The van der Waals surface area contributed by atoms with E-state index in [0.717, 1.165) is 48.9 Å². The van der Waals surface area contributed by atoms with Crippen LogP contribution in [0.1, 0.15) is 53.8 Å². The van der Waals surface area contributed by atoms with Gasteiger partial charge in [-0.05, 0) is 38.2 Å². The van der Waals surface area contributed by atoms with Crippen LogP contribution in [0.3, 0.4) is 0 Å². The molecule has 1 saturated heterocycles. The molecule has 0 spiro atoms. The highest BCUT2D eigenvalue weighted by atomic mass is 16.4. The summed E-state index contributed by atoms with van der Waals surface area (Å²) < 4.78 is 5.85. The Labute approximate surface area is 159 Å².